The zero-order valence-electron chi connectivity index (χ0n) is 11.4. The maximum Gasteiger partial charge on any atom is 0.0336 e. The fourth-order valence-electron chi connectivity index (χ4n) is 3.66. The van der Waals surface area contributed by atoms with Crippen molar-refractivity contribution >= 4 is 27.3 Å². The predicted octanol–water partition coefficient (Wildman–Crippen LogP) is 5.17. The van der Waals surface area contributed by atoms with E-state index in [4.69, 9.17) is 0 Å². The van der Waals surface area contributed by atoms with E-state index in [1.807, 2.05) is 11.3 Å². The van der Waals surface area contributed by atoms with Gasteiger partial charge >= 0.3 is 0 Å². The van der Waals surface area contributed by atoms with Crippen molar-refractivity contribution in [2.75, 3.05) is 0 Å². The molecule has 4 rings (SSSR count). The molecule has 0 bridgehead atoms. The normalized spacial score (nSPS) is 24.4. The van der Waals surface area contributed by atoms with Crippen LogP contribution in [0, 0.1) is 0 Å². The van der Waals surface area contributed by atoms with E-state index in [-0.39, 0.29) is 0 Å². The summed E-state index contributed by atoms with van der Waals surface area (Å²) in [7, 11) is 0. The van der Waals surface area contributed by atoms with Gasteiger partial charge in [0.2, 0.25) is 0 Å². The number of hydrogen-bond acceptors (Lipinski definition) is 2. The first-order valence-electron chi connectivity index (χ1n) is 7.42. The maximum absolute atomic E-state index is 3.93. The lowest BCUT2D eigenvalue weighted by Crippen LogP contribution is -2.27. The third-order valence-corrected chi connectivity index (χ3v) is 6.13. The van der Waals surface area contributed by atoms with Crippen LogP contribution in [0.25, 0.3) is 0 Å². The van der Waals surface area contributed by atoms with Gasteiger partial charge in [-0.2, -0.15) is 0 Å². The largest absolute Gasteiger partial charge is 0.303 e. The van der Waals surface area contributed by atoms with Gasteiger partial charge in [0.1, 0.15) is 0 Å². The van der Waals surface area contributed by atoms with Crippen molar-refractivity contribution < 1.29 is 0 Å². The first-order chi connectivity index (χ1) is 9.81. The number of benzene rings is 1. The molecule has 1 aromatic heterocycles. The summed E-state index contributed by atoms with van der Waals surface area (Å²) in [6.07, 6.45) is 6.33. The molecule has 0 amide bonds. The van der Waals surface area contributed by atoms with Crippen LogP contribution in [0.2, 0.25) is 0 Å². The molecule has 20 heavy (non-hydrogen) atoms. The van der Waals surface area contributed by atoms with Crippen LogP contribution in [-0.2, 0) is 12.8 Å². The van der Waals surface area contributed by atoms with Crippen LogP contribution >= 0.6 is 27.3 Å². The second-order valence-corrected chi connectivity index (χ2v) is 7.76. The second kappa shape index (κ2) is 5.28. The number of halogens is 1. The molecule has 1 N–H and O–H groups in total. The fourth-order valence-corrected chi connectivity index (χ4v) is 5.06. The highest BCUT2D eigenvalue weighted by molar-refractivity contribution is 9.10. The molecular weight excluding hydrogens is 330 g/mol. The molecule has 0 aliphatic heterocycles. The van der Waals surface area contributed by atoms with E-state index in [2.05, 4.69) is 50.9 Å². The Hall–Kier alpha value is -0.640. The van der Waals surface area contributed by atoms with Crippen LogP contribution in [0.1, 0.15) is 52.9 Å². The highest BCUT2D eigenvalue weighted by Crippen LogP contribution is 2.38. The average Bonchev–Trinajstić information content (AvgIpc) is 3.06. The fraction of sp³-hybridized carbons (Fsp3) is 0.412. The van der Waals surface area contributed by atoms with Gasteiger partial charge in [0.05, 0.1) is 0 Å². The van der Waals surface area contributed by atoms with Gasteiger partial charge in [0.15, 0.2) is 0 Å². The van der Waals surface area contributed by atoms with Crippen molar-refractivity contribution in [3.8, 4) is 0 Å². The summed E-state index contributed by atoms with van der Waals surface area (Å²) < 4.78 is 1.20. The lowest BCUT2D eigenvalue weighted by molar-refractivity contribution is 0.401. The predicted molar refractivity (Wildman–Crippen MR) is 88.3 cm³/mol. The van der Waals surface area contributed by atoms with E-state index in [9.17, 15) is 0 Å². The van der Waals surface area contributed by atoms with Crippen molar-refractivity contribution in [2.45, 2.75) is 44.2 Å². The minimum Gasteiger partial charge on any atom is -0.303 e. The van der Waals surface area contributed by atoms with Crippen LogP contribution in [-0.4, -0.2) is 0 Å². The van der Waals surface area contributed by atoms with Gasteiger partial charge in [-0.05, 0) is 72.4 Å². The summed E-state index contributed by atoms with van der Waals surface area (Å²) >= 11 is 5.51. The minimum absolute atomic E-state index is 0.536. The summed E-state index contributed by atoms with van der Waals surface area (Å²) in [5, 5.41) is 6.18. The number of thiophene rings is 1. The van der Waals surface area contributed by atoms with Crippen molar-refractivity contribution in [1.82, 2.24) is 5.32 Å². The van der Waals surface area contributed by atoms with E-state index in [1.54, 1.807) is 10.4 Å². The lowest BCUT2D eigenvalue weighted by Gasteiger charge is -2.27. The molecule has 1 heterocycles. The molecular formula is C17H18BrNS. The van der Waals surface area contributed by atoms with E-state index in [1.165, 1.54) is 47.7 Å². The van der Waals surface area contributed by atoms with Gasteiger partial charge in [-0.15, -0.1) is 11.3 Å². The topological polar surface area (TPSA) is 12.0 Å². The molecule has 2 atom stereocenters. The first kappa shape index (κ1) is 13.1. The summed E-state index contributed by atoms with van der Waals surface area (Å²) in [5.41, 5.74) is 4.58. The Balaban J connectivity index is 1.58. The van der Waals surface area contributed by atoms with Crippen LogP contribution in [0.5, 0.6) is 0 Å². The van der Waals surface area contributed by atoms with Crippen LogP contribution in [0.15, 0.2) is 34.1 Å². The third-order valence-electron chi connectivity index (χ3n) is 4.64. The zero-order valence-corrected chi connectivity index (χ0v) is 13.8. The summed E-state index contributed by atoms with van der Waals surface area (Å²) in [6.45, 7) is 0. The number of nitrogens with one attached hydrogen (secondary N) is 1. The molecule has 0 saturated carbocycles. The minimum atomic E-state index is 0.536. The molecule has 2 aliphatic carbocycles. The van der Waals surface area contributed by atoms with E-state index < -0.39 is 0 Å². The van der Waals surface area contributed by atoms with Gasteiger partial charge in [0.25, 0.3) is 0 Å². The first-order valence-corrected chi connectivity index (χ1v) is 9.09. The number of fused-ring (bicyclic) bond motifs is 2. The standard InChI is InChI=1S/C17H18BrNS/c18-12-5-6-13-11(10-12)4-7-16(13)19-15-2-1-3-17-14(15)8-9-20-17/h5-6,8-10,15-16,19H,1-4,7H2. The Morgan fingerprint density at radius 1 is 1.05 bits per heavy atom. The van der Waals surface area contributed by atoms with Gasteiger partial charge < -0.3 is 5.32 Å². The average molecular weight is 348 g/mol. The summed E-state index contributed by atoms with van der Waals surface area (Å²) in [5.74, 6) is 0. The number of hydrogen-bond donors (Lipinski definition) is 1. The van der Waals surface area contributed by atoms with Crippen molar-refractivity contribution in [3.05, 3.63) is 55.7 Å². The number of rotatable bonds is 2. The second-order valence-electron chi connectivity index (χ2n) is 5.84. The Morgan fingerprint density at radius 3 is 2.90 bits per heavy atom. The summed E-state index contributed by atoms with van der Waals surface area (Å²) in [4.78, 5) is 1.60. The lowest BCUT2D eigenvalue weighted by atomic mass is 9.93. The zero-order chi connectivity index (χ0) is 13.5. The molecule has 2 aliphatic rings. The quantitative estimate of drug-likeness (QED) is 0.790. The van der Waals surface area contributed by atoms with Gasteiger partial charge in [-0.3, -0.25) is 0 Å². The monoisotopic (exact) mass is 347 g/mol. The SMILES string of the molecule is Brc1ccc2c(c1)CCC2NC1CCCc2sccc21. The molecule has 1 aromatic carbocycles. The molecule has 0 radical (unpaired) electrons. The van der Waals surface area contributed by atoms with Gasteiger partial charge in [-0.1, -0.05) is 22.0 Å². The molecule has 1 nitrogen and oxygen atoms in total. The molecule has 0 fully saturated rings. The number of aryl methyl sites for hydroxylation is 2. The van der Waals surface area contributed by atoms with Crippen LogP contribution in [0.3, 0.4) is 0 Å². The molecule has 104 valence electrons. The Labute approximate surface area is 132 Å². The van der Waals surface area contributed by atoms with Gasteiger partial charge in [0, 0.05) is 21.4 Å². The van der Waals surface area contributed by atoms with Crippen LogP contribution in [0.4, 0.5) is 0 Å². The highest BCUT2D eigenvalue weighted by Gasteiger charge is 2.28. The smallest absolute Gasteiger partial charge is 0.0336 e. The maximum atomic E-state index is 3.93. The van der Waals surface area contributed by atoms with E-state index >= 15 is 0 Å². The van der Waals surface area contributed by atoms with Crippen molar-refractivity contribution in [2.24, 2.45) is 0 Å². The Bertz CT molecular complexity index is 634. The van der Waals surface area contributed by atoms with Gasteiger partial charge in [-0.25, -0.2) is 0 Å². The molecule has 2 aromatic rings. The third kappa shape index (κ3) is 2.26. The molecule has 0 spiro atoms. The van der Waals surface area contributed by atoms with Crippen LogP contribution < -0.4 is 5.32 Å². The molecule has 0 saturated heterocycles. The Morgan fingerprint density at radius 2 is 1.95 bits per heavy atom. The Kier molecular flexibility index (Phi) is 3.45. The van der Waals surface area contributed by atoms with E-state index in [0.29, 0.717) is 12.1 Å². The highest BCUT2D eigenvalue weighted by atomic mass is 79.9. The molecule has 2 unspecified atom stereocenters. The summed E-state index contributed by atoms with van der Waals surface area (Å²) in [6, 6.07) is 10.2. The van der Waals surface area contributed by atoms with Crippen molar-refractivity contribution in [1.29, 1.82) is 0 Å². The van der Waals surface area contributed by atoms with Crippen molar-refractivity contribution in [3.63, 3.8) is 0 Å². The van der Waals surface area contributed by atoms with E-state index in [0.717, 1.165) is 0 Å². The molecule has 3 heteroatoms.